The van der Waals surface area contributed by atoms with Crippen molar-refractivity contribution in [2.24, 2.45) is 0 Å². The maximum atomic E-state index is 12.5. The van der Waals surface area contributed by atoms with Crippen molar-refractivity contribution in [3.05, 3.63) is 64.2 Å². The van der Waals surface area contributed by atoms with Gasteiger partial charge >= 0.3 is 0 Å². The average molecular weight is 397 g/mol. The quantitative estimate of drug-likeness (QED) is 0.671. The summed E-state index contributed by atoms with van der Waals surface area (Å²) in [4.78, 5) is 12.5. The van der Waals surface area contributed by atoms with Crippen molar-refractivity contribution in [2.75, 3.05) is 20.3 Å². The van der Waals surface area contributed by atoms with Crippen molar-refractivity contribution >= 4 is 27.5 Å². The van der Waals surface area contributed by atoms with Crippen LogP contribution in [-0.2, 0) is 21.3 Å². The van der Waals surface area contributed by atoms with Crippen LogP contribution in [0.25, 0.3) is 0 Å². The van der Waals surface area contributed by atoms with Gasteiger partial charge < -0.3 is 10.1 Å². The van der Waals surface area contributed by atoms with Crippen molar-refractivity contribution in [1.82, 2.24) is 10.0 Å². The highest BCUT2D eigenvalue weighted by molar-refractivity contribution is 7.89. The molecular formula is C18H21ClN2O4S. The number of aryl methyl sites for hydroxylation is 1. The molecule has 2 aromatic carbocycles. The molecule has 0 fully saturated rings. The first-order chi connectivity index (χ1) is 12.3. The van der Waals surface area contributed by atoms with Crippen LogP contribution in [0, 0.1) is 6.92 Å². The van der Waals surface area contributed by atoms with Crippen molar-refractivity contribution in [1.29, 1.82) is 0 Å². The summed E-state index contributed by atoms with van der Waals surface area (Å²) in [6.07, 6.45) is 0. The lowest BCUT2D eigenvalue weighted by molar-refractivity contribution is 0.0950. The summed E-state index contributed by atoms with van der Waals surface area (Å²) in [5.74, 6) is -0.364. The van der Waals surface area contributed by atoms with Gasteiger partial charge in [-0.05, 0) is 36.2 Å². The molecule has 0 saturated carbocycles. The van der Waals surface area contributed by atoms with Crippen molar-refractivity contribution in [2.45, 2.75) is 18.4 Å². The van der Waals surface area contributed by atoms with E-state index in [1.54, 1.807) is 19.1 Å². The maximum Gasteiger partial charge on any atom is 0.251 e. The molecule has 0 saturated heterocycles. The van der Waals surface area contributed by atoms with E-state index in [1.807, 2.05) is 18.2 Å². The van der Waals surface area contributed by atoms with Crippen LogP contribution in [-0.4, -0.2) is 34.6 Å². The summed E-state index contributed by atoms with van der Waals surface area (Å²) in [5, 5.41) is 3.33. The molecule has 0 radical (unpaired) electrons. The van der Waals surface area contributed by atoms with Gasteiger partial charge in [0, 0.05) is 30.8 Å². The Balaban J connectivity index is 2.16. The van der Waals surface area contributed by atoms with Gasteiger partial charge in [0.2, 0.25) is 10.0 Å². The van der Waals surface area contributed by atoms with Gasteiger partial charge in [0.15, 0.2) is 0 Å². The number of nitrogens with one attached hydrogen (secondary N) is 2. The summed E-state index contributed by atoms with van der Waals surface area (Å²) < 4.78 is 31.9. The Hall–Kier alpha value is -1.93. The van der Waals surface area contributed by atoms with E-state index in [0.717, 1.165) is 5.56 Å². The highest BCUT2D eigenvalue weighted by Crippen LogP contribution is 2.17. The maximum absolute atomic E-state index is 12.5. The molecule has 0 aromatic heterocycles. The average Bonchev–Trinajstić information content (AvgIpc) is 2.61. The summed E-state index contributed by atoms with van der Waals surface area (Å²) in [5.41, 5.74) is 1.76. The van der Waals surface area contributed by atoms with Crippen molar-refractivity contribution in [3.8, 4) is 0 Å². The molecule has 0 bridgehead atoms. The fourth-order valence-corrected chi connectivity index (χ4v) is 3.53. The Morgan fingerprint density at radius 1 is 1.19 bits per heavy atom. The molecule has 0 aliphatic rings. The smallest absolute Gasteiger partial charge is 0.251 e. The number of benzene rings is 2. The van der Waals surface area contributed by atoms with Crippen LogP contribution in [0.3, 0.4) is 0 Å². The number of sulfonamides is 1. The van der Waals surface area contributed by atoms with Gasteiger partial charge in [-0.25, -0.2) is 13.1 Å². The summed E-state index contributed by atoms with van der Waals surface area (Å²) >= 11 is 6.08. The molecule has 0 atom stereocenters. The fraction of sp³-hybridized carbons (Fsp3) is 0.278. The Morgan fingerprint density at radius 2 is 1.92 bits per heavy atom. The normalized spacial score (nSPS) is 11.3. The lowest BCUT2D eigenvalue weighted by atomic mass is 10.1. The first-order valence-corrected chi connectivity index (χ1v) is 9.82. The van der Waals surface area contributed by atoms with Gasteiger partial charge in [0.25, 0.3) is 5.91 Å². The second kappa shape index (κ2) is 9.14. The second-order valence-electron chi connectivity index (χ2n) is 5.64. The molecule has 0 aliphatic carbocycles. The first-order valence-electron chi connectivity index (χ1n) is 7.96. The Bertz CT molecular complexity index is 885. The monoisotopic (exact) mass is 396 g/mol. The van der Waals surface area contributed by atoms with Crippen LogP contribution in [0.2, 0.25) is 5.02 Å². The molecular weight excluding hydrogens is 376 g/mol. The van der Waals surface area contributed by atoms with E-state index >= 15 is 0 Å². The van der Waals surface area contributed by atoms with Crippen molar-refractivity contribution < 1.29 is 17.9 Å². The largest absolute Gasteiger partial charge is 0.383 e. The summed E-state index contributed by atoms with van der Waals surface area (Å²) in [7, 11) is -2.22. The SMILES string of the molecule is COCCNS(=O)(=O)c1ccc(C)c(C(=O)NCc2ccccc2Cl)c1. The third-order valence-electron chi connectivity index (χ3n) is 3.76. The van der Waals surface area contributed by atoms with E-state index in [2.05, 4.69) is 10.0 Å². The van der Waals surface area contributed by atoms with E-state index in [9.17, 15) is 13.2 Å². The van der Waals surface area contributed by atoms with E-state index in [4.69, 9.17) is 16.3 Å². The van der Waals surface area contributed by atoms with Gasteiger partial charge in [-0.2, -0.15) is 0 Å². The van der Waals surface area contributed by atoms with Crippen molar-refractivity contribution in [3.63, 3.8) is 0 Å². The molecule has 1 amide bonds. The molecule has 6 nitrogen and oxygen atoms in total. The molecule has 140 valence electrons. The van der Waals surface area contributed by atoms with Crippen LogP contribution in [0.15, 0.2) is 47.4 Å². The van der Waals surface area contributed by atoms with E-state index < -0.39 is 10.0 Å². The number of carbonyl (C=O) groups excluding carboxylic acids is 1. The van der Waals surface area contributed by atoms with Crippen LogP contribution in [0.4, 0.5) is 0 Å². The van der Waals surface area contributed by atoms with Gasteiger partial charge in [0.05, 0.1) is 11.5 Å². The molecule has 26 heavy (non-hydrogen) atoms. The molecule has 2 aromatic rings. The third-order valence-corrected chi connectivity index (χ3v) is 5.59. The molecule has 0 heterocycles. The van der Waals surface area contributed by atoms with Gasteiger partial charge in [-0.1, -0.05) is 35.9 Å². The molecule has 2 rings (SSSR count). The van der Waals surface area contributed by atoms with E-state index in [0.29, 0.717) is 16.1 Å². The summed E-state index contributed by atoms with van der Waals surface area (Å²) in [6.45, 7) is 2.41. The number of hydrogen-bond donors (Lipinski definition) is 2. The predicted octanol–water partition coefficient (Wildman–Crippen LogP) is 2.50. The number of ether oxygens (including phenoxy) is 1. The van der Waals surface area contributed by atoms with Gasteiger partial charge in [-0.3, -0.25) is 4.79 Å². The highest BCUT2D eigenvalue weighted by Gasteiger charge is 2.17. The van der Waals surface area contributed by atoms with Crippen LogP contribution in [0.5, 0.6) is 0 Å². The van der Waals surface area contributed by atoms with Crippen LogP contribution < -0.4 is 10.0 Å². The Kier molecular flexibility index (Phi) is 7.16. The highest BCUT2D eigenvalue weighted by atomic mass is 35.5. The number of carbonyl (C=O) groups is 1. The van der Waals surface area contributed by atoms with E-state index in [-0.39, 0.29) is 30.5 Å². The minimum Gasteiger partial charge on any atom is -0.383 e. The van der Waals surface area contributed by atoms with Crippen LogP contribution in [0.1, 0.15) is 21.5 Å². The predicted molar refractivity (Wildman–Crippen MR) is 101 cm³/mol. The Morgan fingerprint density at radius 3 is 2.62 bits per heavy atom. The minimum absolute atomic E-state index is 0.0297. The number of methoxy groups -OCH3 is 1. The molecule has 0 aliphatic heterocycles. The standard InChI is InChI=1S/C18H21ClN2O4S/c1-13-7-8-15(26(23,24)21-9-10-25-2)11-16(13)18(22)20-12-14-5-3-4-6-17(14)19/h3-8,11,21H,9-10,12H2,1-2H3,(H,20,22). The second-order valence-corrected chi connectivity index (χ2v) is 7.82. The lowest BCUT2D eigenvalue weighted by Crippen LogP contribution is -2.28. The molecule has 8 heteroatoms. The molecule has 0 unspecified atom stereocenters. The minimum atomic E-state index is -3.71. The topological polar surface area (TPSA) is 84.5 Å². The summed E-state index contributed by atoms with van der Waals surface area (Å²) in [6, 6.07) is 11.6. The number of rotatable bonds is 8. The number of halogens is 1. The Labute approximate surface area is 158 Å². The zero-order valence-corrected chi connectivity index (χ0v) is 16.2. The van der Waals surface area contributed by atoms with Gasteiger partial charge in [-0.15, -0.1) is 0 Å². The zero-order chi connectivity index (χ0) is 19.2. The number of hydrogen-bond acceptors (Lipinski definition) is 4. The van der Waals surface area contributed by atoms with Gasteiger partial charge in [0.1, 0.15) is 0 Å². The third kappa shape index (κ3) is 5.28. The number of amides is 1. The fourth-order valence-electron chi connectivity index (χ4n) is 2.29. The molecule has 0 spiro atoms. The van der Waals surface area contributed by atoms with E-state index in [1.165, 1.54) is 19.2 Å². The van der Waals surface area contributed by atoms with Crippen LogP contribution >= 0.6 is 11.6 Å². The molecule has 2 N–H and O–H groups in total. The first kappa shape index (κ1) is 20.4. The zero-order valence-electron chi connectivity index (χ0n) is 14.6. The lowest BCUT2D eigenvalue weighted by Gasteiger charge is -2.11.